The summed E-state index contributed by atoms with van der Waals surface area (Å²) in [5, 5.41) is 11.3. The van der Waals surface area contributed by atoms with Crippen LogP contribution in [0.1, 0.15) is 0 Å². The Balaban J connectivity index is 3.62. The molecule has 0 saturated carbocycles. The largest absolute Gasteiger partial charge is 0.381 e. The normalized spacial score (nSPS) is 14.2. The molecule has 1 atom stereocenters. The summed E-state index contributed by atoms with van der Waals surface area (Å²) in [5.41, 5.74) is 9.95. The first kappa shape index (κ1) is 9.70. The average molecular weight is 160 g/mol. The molecule has 6 N–H and O–H groups in total. The minimum atomic E-state index is -1.23. The lowest BCUT2D eigenvalue weighted by Crippen LogP contribution is -2.42. The van der Waals surface area contributed by atoms with Crippen molar-refractivity contribution >= 4 is 11.9 Å². The van der Waals surface area contributed by atoms with Crippen LogP contribution in [0.5, 0.6) is 0 Å². The van der Waals surface area contributed by atoms with Gasteiger partial charge in [0.05, 0.1) is 6.54 Å². The van der Waals surface area contributed by atoms with Gasteiger partial charge in [-0.25, -0.2) is 0 Å². The topological polar surface area (TPSA) is 114 Å². The molecule has 0 spiro atoms. The van der Waals surface area contributed by atoms with E-state index in [4.69, 9.17) is 16.6 Å². The Morgan fingerprint density at radius 1 is 1.73 bits per heavy atom. The predicted octanol–water partition coefficient (Wildman–Crippen LogP) is -2.63. The van der Waals surface area contributed by atoms with Gasteiger partial charge in [-0.2, -0.15) is 0 Å². The van der Waals surface area contributed by atoms with Crippen molar-refractivity contribution in [1.82, 2.24) is 5.32 Å². The van der Waals surface area contributed by atoms with E-state index in [0.717, 1.165) is 0 Å². The van der Waals surface area contributed by atoms with Crippen molar-refractivity contribution in [2.24, 2.45) is 16.5 Å². The summed E-state index contributed by atoms with van der Waals surface area (Å²) in [6.07, 6.45) is -1.23. The molecule has 0 radical (unpaired) electrons. The molecule has 0 aliphatic heterocycles. The molecular weight excluding hydrogens is 148 g/mol. The van der Waals surface area contributed by atoms with Crippen LogP contribution in [0.25, 0.3) is 0 Å². The van der Waals surface area contributed by atoms with Crippen molar-refractivity contribution in [3.63, 3.8) is 0 Å². The first-order valence-corrected chi connectivity index (χ1v) is 3.01. The summed E-state index contributed by atoms with van der Waals surface area (Å²) in [5.74, 6) is -0.633. The lowest BCUT2D eigenvalue weighted by atomic mass is 10.3. The molecule has 0 saturated heterocycles. The van der Waals surface area contributed by atoms with Crippen molar-refractivity contribution in [3.8, 4) is 0 Å². The van der Waals surface area contributed by atoms with Crippen molar-refractivity contribution in [2.45, 2.75) is 6.10 Å². The Morgan fingerprint density at radius 2 is 2.27 bits per heavy atom. The molecule has 64 valence electrons. The van der Waals surface area contributed by atoms with E-state index in [1.54, 1.807) is 0 Å². The quantitative estimate of drug-likeness (QED) is 0.267. The highest BCUT2D eigenvalue weighted by molar-refractivity contribution is 5.81. The van der Waals surface area contributed by atoms with Gasteiger partial charge < -0.3 is 21.9 Å². The average Bonchev–Trinajstić information content (AvgIpc) is 1.99. The number of carbonyl (C=O) groups excluding carboxylic acids is 1. The van der Waals surface area contributed by atoms with E-state index in [2.05, 4.69) is 10.3 Å². The molecule has 0 aromatic heterocycles. The van der Waals surface area contributed by atoms with E-state index in [1.807, 2.05) is 0 Å². The van der Waals surface area contributed by atoms with Crippen LogP contribution in [0.4, 0.5) is 0 Å². The Hall–Kier alpha value is -1.30. The predicted molar refractivity (Wildman–Crippen MR) is 40.8 cm³/mol. The van der Waals surface area contributed by atoms with Crippen LogP contribution in [0, 0.1) is 0 Å². The smallest absolute Gasteiger partial charge is 0.248 e. The molecular formula is C5H12N4O2. The van der Waals surface area contributed by atoms with E-state index in [-0.39, 0.29) is 12.5 Å². The highest BCUT2D eigenvalue weighted by Gasteiger charge is 2.09. The van der Waals surface area contributed by atoms with Crippen LogP contribution in [0.15, 0.2) is 4.99 Å². The minimum Gasteiger partial charge on any atom is -0.381 e. The highest BCUT2D eigenvalue weighted by atomic mass is 16.3. The summed E-state index contributed by atoms with van der Waals surface area (Å²) in [6.45, 7) is -0.0154. The molecule has 6 heteroatoms. The number of nitrogens with two attached hydrogens (primary N) is 2. The Labute approximate surface area is 64.3 Å². The Morgan fingerprint density at radius 3 is 2.64 bits per heavy atom. The number of hydrogen-bond acceptors (Lipinski definition) is 3. The van der Waals surface area contributed by atoms with Gasteiger partial charge in [0.15, 0.2) is 5.96 Å². The number of rotatable bonds is 3. The van der Waals surface area contributed by atoms with Crippen LogP contribution in [-0.2, 0) is 4.79 Å². The van der Waals surface area contributed by atoms with Gasteiger partial charge in [0.2, 0.25) is 5.91 Å². The molecule has 0 aliphatic rings. The number of primary amides is 1. The zero-order valence-electron chi connectivity index (χ0n) is 6.24. The molecule has 0 heterocycles. The summed E-state index contributed by atoms with van der Waals surface area (Å²) in [6, 6.07) is 0. The van der Waals surface area contributed by atoms with Crippen molar-refractivity contribution in [3.05, 3.63) is 0 Å². The molecule has 1 unspecified atom stereocenters. The van der Waals surface area contributed by atoms with E-state index >= 15 is 0 Å². The molecule has 0 aromatic carbocycles. The molecule has 0 fully saturated rings. The minimum absolute atomic E-state index is 0.0154. The van der Waals surface area contributed by atoms with E-state index in [1.165, 1.54) is 7.05 Å². The lowest BCUT2D eigenvalue weighted by Gasteiger charge is -2.07. The van der Waals surface area contributed by atoms with Gasteiger partial charge in [0, 0.05) is 7.05 Å². The van der Waals surface area contributed by atoms with Crippen LogP contribution in [0.2, 0.25) is 0 Å². The first-order valence-electron chi connectivity index (χ1n) is 3.01. The summed E-state index contributed by atoms with van der Waals surface area (Å²) < 4.78 is 0. The fourth-order valence-corrected chi connectivity index (χ4v) is 0.381. The summed E-state index contributed by atoms with van der Waals surface area (Å²) in [7, 11) is 1.49. The van der Waals surface area contributed by atoms with Crippen LogP contribution < -0.4 is 16.8 Å². The van der Waals surface area contributed by atoms with Gasteiger partial charge in [-0.05, 0) is 0 Å². The maximum Gasteiger partial charge on any atom is 0.248 e. The summed E-state index contributed by atoms with van der Waals surface area (Å²) >= 11 is 0. The fourth-order valence-electron chi connectivity index (χ4n) is 0.381. The SMILES string of the molecule is CN=C(N)NCC(O)C(N)=O. The fraction of sp³-hybridized carbons (Fsp3) is 0.600. The first-order chi connectivity index (χ1) is 5.07. The van der Waals surface area contributed by atoms with E-state index < -0.39 is 12.0 Å². The molecule has 0 aliphatic carbocycles. The second-order valence-corrected chi connectivity index (χ2v) is 1.91. The Kier molecular flexibility index (Phi) is 3.97. The van der Waals surface area contributed by atoms with Gasteiger partial charge in [-0.3, -0.25) is 9.79 Å². The number of aliphatic imine (C=N–C) groups is 1. The number of nitrogens with zero attached hydrogens (tertiary/aromatic N) is 1. The van der Waals surface area contributed by atoms with Gasteiger partial charge in [-0.15, -0.1) is 0 Å². The Bertz CT molecular complexity index is 168. The van der Waals surface area contributed by atoms with Gasteiger partial charge in [0.1, 0.15) is 6.10 Å². The van der Waals surface area contributed by atoms with Crippen molar-refractivity contribution in [2.75, 3.05) is 13.6 Å². The second kappa shape index (κ2) is 4.51. The van der Waals surface area contributed by atoms with Crippen LogP contribution in [0.3, 0.4) is 0 Å². The number of aliphatic hydroxyl groups excluding tert-OH is 1. The molecule has 0 rings (SSSR count). The zero-order valence-corrected chi connectivity index (χ0v) is 6.24. The maximum atomic E-state index is 10.3. The third kappa shape index (κ3) is 4.15. The van der Waals surface area contributed by atoms with Crippen molar-refractivity contribution < 1.29 is 9.90 Å². The number of amides is 1. The summed E-state index contributed by atoms with van der Waals surface area (Å²) in [4.78, 5) is 13.8. The zero-order chi connectivity index (χ0) is 8.85. The van der Waals surface area contributed by atoms with Gasteiger partial charge >= 0.3 is 0 Å². The molecule has 1 amide bonds. The van der Waals surface area contributed by atoms with E-state index in [9.17, 15) is 4.79 Å². The molecule has 0 aromatic rings. The van der Waals surface area contributed by atoms with Crippen LogP contribution >= 0.6 is 0 Å². The molecule has 0 bridgehead atoms. The highest BCUT2D eigenvalue weighted by Crippen LogP contribution is 1.75. The molecule has 11 heavy (non-hydrogen) atoms. The third-order valence-corrected chi connectivity index (χ3v) is 1.05. The van der Waals surface area contributed by atoms with E-state index in [0.29, 0.717) is 0 Å². The standard InChI is InChI=1S/C5H12N4O2/c1-8-5(7)9-2-3(10)4(6)11/h3,10H,2H2,1H3,(H2,6,11)(H3,7,8,9). The van der Waals surface area contributed by atoms with Gasteiger partial charge in [0.25, 0.3) is 0 Å². The van der Waals surface area contributed by atoms with Gasteiger partial charge in [-0.1, -0.05) is 0 Å². The van der Waals surface area contributed by atoms with Crippen LogP contribution in [-0.4, -0.2) is 36.7 Å². The lowest BCUT2D eigenvalue weighted by molar-refractivity contribution is -0.125. The number of nitrogens with one attached hydrogen (secondary N) is 1. The second-order valence-electron chi connectivity index (χ2n) is 1.91. The number of guanidine groups is 1. The van der Waals surface area contributed by atoms with Crippen molar-refractivity contribution in [1.29, 1.82) is 0 Å². The number of aliphatic hydroxyl groups is 1. The molecule has 6 nitrogen and oxygen atoms in total. The third-order valence-electron chi connectivity index (χ3n) is 1.05. The maximum absolute atomic E-state index is 10.3. The number of carbonyl (C=O) groups is 1. The monoisotopic (exact) mass is 160 g/mol. The number of hydrogen-bond donors (Lipinski definition) is 4.